The van der Waals surface area contributed by atoms with Gasteiger partial charge in [0.1, 0.15) is 5.82 Å². The molecule has 6 nitrogen and oxygen atoms in total. The van der Waals surface area contributed by atoms with Crippen LogP contribution in [0.5, 0.6) is 11.5 Å². The van der Waals surface area contributed by atoms with Crippen molar-refractivity contribution in [3.05, 3.63) is 302 Å². The molecule has 0 saturated heterocycles. The number of pyridine rings is 1. The zero-order valence-corrected chi connectivity index (χ0v) is 55.6. The summed E-state index contributed by atoms with van der Waals surface area (Å²) in [4.78, 5) is 4.93. The predicted octanol–water partition coefficient (Wildman–Crippen LogP) is 21.4. The van der Waals surface area contributed by atoms with Crippen LogP contribution in [0.3, 0.4) is 0 Å². The molecular formula is C85H71N5OPt-2. The maximum absolute atomic E-state index is 6.86. The third kappa shape index (κ3) is 12.2. The van der Waals surface area contributed by atoms with Crippen molar-refractivity contribution < 1.29 is 30.4 Å². The molecule has 7 heteroatoms. The summed E-state index contributed by atoms with van der Waals surface area (Å²) in [6.07, 6.45) is 5.77. The van der Waals surface area contributed by atoms with E-state index in [1.807, 2.05) is 35.1 Å². The van der Waals surface area contributed by atoms with Crippen molar-refractivity contribution in [3.63, 3.8) is 0 Å². The number of para-hydroxylation sites is 1. The van der Waals surface area contributed by atoms with Gasteiger partial charge in [0.05, 0.1) is 0 Å². The number of nitrogens with zero attached hydrogens (tertiary/aromatic N) is 5. The van der Waals surface area contributed by atoms with E-state index in [2.05, 4.69) is 326 Å². The molecule has 92 heavy (non-hydrogen) atoms. The molecule has 0 atom stereocenters. The summed E-state index contributed by atoms with van der Waals surface area (Å²) in [5.41, 5.74) is 20.7. The smallest absolute Gasteiger partial charge is 0.233 e. The maximum atomic E-state index is 6.86. The first-order valence-electron chi connectivity index (χ1n) is 31.4. The van der Waals surface area contributed by atoms with Crippen molar-refractivity contribution >= 4 is 21.8 Å². The van der Waals surface area contributed by atoms with Gasteiger partial charge < -0.3 is 13.9 Å². The molecule has 0 bridgehead atoms. The van der Waals surface area contributed by atoms with Crippen LogP contribution >= 0.6 is 0 Å². The molecule has 0 spiro atoms. The Hall–Kier alpha value is -10.0. The molecule has 14 aromatic rings. The van der Waals surface area contributed by atoms with Crippen LogP contribution in [0.15, 0.2) is 267 Å². The van der Waals surface area contributed by atoms with Crippen LogP contribution in [-0.4, -0.2) is 19.3 Å². The molecule has 0 aliphatic carbocycles. The minimum atomic E-state index is -0.186. The fourth-order valence-corrected chi connectivity index (χ4v) is 12.3. The van der Waals surface area contributed by atoms with Crippen LogP contribution in [0.1, 0.15) is 79.0 Å². The summed E-state index contributed by atoms with van der Waals surface area (Å²) in [6.45, 7) is 20.4. The first-order valence-corrected chi connectivity index (χ1v) is 31.4. The van der Waals surface area contributed by atoms with Gasteiger partial charge in [-0.2, -0.15) is 22.9 Å². The van der Waals surface area contributed by atoms with Crippen molar-refractivity contribution in [3.8, 4) is 107 Å². The average molecular weight is 1370 g/mol. The van der Waals surface area contributed by atoms with Crippen molar-refractivity contribution in [1.29, 1.82) is 0 Å². The van der Waals surface area contributed by atoms with Gasteiger partial charge in [0.2, 0.25) is 12.2 Å². The summed E-state index contributed by atoms with van der Waals surface area (Å²) < 4.78 is 13.1. The van der Waals surface area contributed by atoms with E-state index in [4.69, 9.17) is 14.8 Å². The number of ether oxygens (including phenoxy) is 1. The second-order valence-corrected chi connectivity index (χ2v) is 26.8. The topological polar surface area (TPSA) is 48.8 Å². The van der Waals surface area contributed by atoms with Gasteiger partial charge in [0.25, 0.3) is 0 Å². The largest absolute Gasteiger partial charge is 0.510 e. The van der Waals surface area contributed by atoms with E-state index in [1.54, 1.807) is 0 Å². The zero-order chi connectivity index (χ0) is 62.6. The molecule has 0 amide bonds. The van der Waals surface area contributed by atoms with Gasteiger partial charge >= 0.3 is 0 Å². The van der Waals surface area contributed by atoms with Crippen molar-refractivity contribution in [2.45, 2.75) is 78.6 Å². The molecule has 3 aromatic heterocycles. The average Bonchev–Trinajstić information content (AvgIpc) is 1.51. The summed E-state index contributed by atoms with van der Waals surface area (Å²) in [5.74, 6) is 2.57. The molecule has 3 heterocycles. The Morgan fingerprint density at radius 1 is 0.391 bits per heavy atom. The molecule has 0 N–H and O–H groups in total. The van der Waals surface area contributed by atoms with Gasteiger partial charge in [-0.1, -0.05) is 244 Å². The molecule has 0 aliphatic rings. The van der Waals surface area contributed by atoms with Gasteiger partial charge in [-0.3, -0.25) is 0 Å². The molecule has 454 valence electrons. The standard InChI is InChI=1S/C85H71N5O.Pt/c1-83(2,3)67-42-43-86-80(53-67)90-78-39-23-22-36-76(78)77-41-40-73(55-79(77)90)91-72-35-24-34-70(54-72)89-56-88(71-51-68(84(4,5)6)50-69(52-71)85(7,8)9)82(87-89)81-74(65-46-61(57-26-14-10-15-27-57)44-62(47-65)58-28-16-11-17-29-58)37-25-38-75(81)66-48-63(59-30-18-12-19-31-59)45-64(49-66)60-32-20-13-21-33-60;/h10-53H,1-9H3;/q-2;. The first-order chi connectivity index (χ1) is 44.0. The summed E-state index contributed by atoms with van der Waals surface area (Å²) in [6, 6.07) is 101. The summed E-state index contributed by atoms with van der Waals surface area (Å²) in [7, 11) is 0. The Bertz CT molecular complexity index is 4720. The number of benzene rings is 11. The van der Waals surface area contributed by atoms with Crippen molar-refractivity contribution in [2.24, 2.45) is 0 Å². The van der Waals surface area contributed by atoms with Crippen LogP contribution in [0.4, 0.5) is 0 Å². The number of hydrogen-bond acceptors (Lipinski definition) is 3. The monoisotopic (exact) mass is 1370 g/mol. The van der Waals surface area contributed by atoms with Crippen LogP contribution in [0, 0.1) is 18.5 Å². The van der Waals surface area contributed by atoms with E-state index >= 15 is 0 Å². The Labute approximate surface area is 555 Å². The molecule has 0 fully saturated rings. The fourth-order valence-electron chi connectivity index (χ4n) is 12.3. The SMILES string of the molecule is CC(C)(C)c1cc(-[n+]2[c-]n(-c3[c-]c(Oc4[c-]c5c(cc4)c4ccccc4n5-c4cc(C(C)(C)C)ccn4)ccc3)nc2-c2c(-c3cc(-c4ccccc4)cc(-c4ccccc4)c3)cccc2-c2cc(-c3ccccc3)cc(-c3ccccc3)c2)cc(C(C)(C)C)c1.[Pt]. The number of hydrogen-bond donors (Lipinski definition) is 0. The van der Waals surface area contributed by atoms with Gasteiger partial charge in [-0.05, 0) is 170 Å². The van der Waals surface area contributed by atoms with Crippen LogP contribution in [0.2, 0.25) is 0 Å². The van der Waals surface area contributed by atoms with Crippen LogP contribution < -0.4 is 9.30 Å². The Kier molecular flexibility index (Phi) is 16.3. The van der Waals surface area contributed by atoms with E-state index in [9.17, 15) is 0 Å². The van der Waals surface area contributed by atoms with Crippen molar-refractivity contribution in [1.82, 2.24) is 19.3 Å². The number of rotatable bonds is 12. The molecule has 0 saturated carbocycles. The van der Waals surface area contributed by atoms with Crippen molar-refractivity contribution in [2.75, 3.05) is 0 Å². The number of fused-ring (bicyclic) bond motifs is 3. The first kappa shape index (κ1) is 60.9. The zero-order valence-electron chi connectivity index (χ0n) is 53.4. The summed E-state index contributed by atoms with van der Waals surface area (Å²) in [5, 5.41) is 7.98. The van der Waals surface area contributed by atoms with E-state index < -0.39 is 0 Å². The van der Waals surface area contributed by atoms with Gasteiger partial charge in [-0.25, -0.2) is 4.98 Å². The Morgan fingerprint density at radius 2 is 0.859 bits per heavy atom. The van der Waals surface area contributed by atoms with E-state index in [0.717, 1.165) is 106 Å². The predicted molar refractivity (Wildman–Crippen MR) is 374 cm³/mol. The Morgan fingerprint density at radius 3 is 1.37 bits per heavy atom. The quantitative estimate of drug-likeness (QED) is 0.0905. The third-order valence-electron chi connectivity index (χ3n) is 17.3. The van der Waals surface area contributed by atoms with Gasteiger partial charge in [0, 0.05) is 55.5 Å². The molecule has 14 rings (SSSR count). The number of aromatic nitrogens is 5. The second-order valence-electron chi connectivity index (χ2n) is 26.8. The van der Waals surface area contributed by atoms with E-state index in [-0.39, 0.29) is 37.3 Å². The van der Waals surface area contributed by atoms with E-state index in [1.165, 1.54) is 16.7 Å². The maximum Gasteiger partial charge on any atom is 0.233 e. The van der Waals surface area contributed by atoms with Crippen LogP contribution in [-0.2, 0) is 37.3 Å². The molecule has 11 aromatic carbocycles. The molecular weight excluding hydrogens is 1300 g/mol. The molecule has 0 aliphatic heterocycles. The second kappa shape index (κ2) is 24.7. The van der Waals surface area contributed by atoms with Gasteiger partial charge in [-0.15, -0.1) is 29.7 Å². The normalized spacial score (nSPS) is 11.9. The van der Waals surface area contributed by atoms with Crippen LogP contribution in [0.25, 0.3) is 117 Å². The van der Waals surface area contributed by atoms with E-state index in [0.29, 0.717) is 23.0 Å². The van der Waals surface area contributed by atoms with Gasteiger partial charge in [0.15, 0.2) is 0 Å². The third-order valence-corrected chi connectivity index (χ3v) is 17.3. The minimum absolute atomic E-state index is 0. The molecule has 0 radical (unpaired) electrons. The fraction of sp³-hybridized carbons (Fsp3) is 0.141. The Balaban J connectivity index is 0.00000773. The molecule has 0 unspecified atom stereocenters. The summed E-state index contributed by atoms with van der Waals surface area (Å²) >= 11 is 0. The minimum Gasteiger partial charge on any atom is -0.510 e.